The van der Waals surface area contributed by atoms with Crippen molar-refractivity contribution in [2.75, 3.05) is 17.3 Å². The number of pyridine rings is 1. The third kappa shape index (κ3) is 4.87. The number of rotatable bonds is 6. The second kappa shape index (κ2) is 10.4. The van der Waals surface area contributed by atoms with Crippen LogP contribution in [0.2, 0.25) is 10.0 Å². The fourth-order valence-electron chi connectivity index (χ4n) is 4.60. The van der Waals surface area contributed by atoms with Crippen molar-refractivity contribution >= 4 is 57.8 Å². The second-order valence-corrected chi connectivity index (χ2v) is 9.69. The summed E-state index contributed by atoms with van der Waals surface area (Å²) in [6.45, 7) is 1.46. The molecule has 0 aliphatic carbocycles. The monoisotopic (exact) mass is 551 g/mol. The number of amides is 1. The van der Waals surface area contributed by atoms with E-state index in [1.807, 2.05) is 70.3 Å². The van der Waals surface area contributed by atoms with Gasteiger partial charge in [0, 0.05) is 35.7 Å². The minimum Gasteiger partial charge on any atom is -0.495 e. The fraction of sp³-hybridized carbons (Fsp3) is 0.148. The highest BCUT2D eigenvalue weighted by molar-refractivity contribution is 7.80. The molecule has 1 aliphatic heterocycles. The highest BCUT2D eigenvalue weighted by Gasteiger charge is 2.42. The molecule has 1 fully saturated rings. The van der Waals surface area contributed by atoms with E-state index in [4.69, 9.17) is 40.2 Å². The van der Waals surface area contributed by atoms with Gasteiger partial charge in [0.1, 0.15) is 11.8 Å². The molecule has 4 aromatic rings. The number of nitrogens with zero attached hydrogens (tertiary/aromatic N) is 3. The minimum atomic E-state index is -0.303. The predicted octanol–water partition coefficient (Wildman–Crippen LogP) is 6.32. The molecule has 2 aromatic heterocycles. The number of halogens is 2. The van der Waals surface area contributed by atoms with Gasteiger partial charge in [-0.2, -0.15) is 0 Å². The Hall–Kier alpha value is -3.59. The second-order valence-electron chi connectivity index (χ2n) is 8.46. The van der Waals surface area contributed by atoms with Gasteiger partial charge in [-0.1, -0.05) is 29.3 Å². The lowest BCUT2D eigenvalue weighted by molar-refractivity contribution is -0.114. The van der Waals surface area contributed by atoms with Crippen LogP contribution in [0.25, 0.3) is 5.69 Å². The van der Waals surface area contributed by atoms with Crippen molar-refractivity contribution in [1.29, 1.82) is 0 Å². The Morgan fingerprint density at radius 2 is 1.95 bits per heavy atom. The smallest absolute Gasteiger partial charge is 0.221 e. The summed E-state index contributed by atoms with van der Waals surface area (Å²) < 4.78 is 7.49. The number of aromatic nitrogens is 2. The number of hydrogen-bond acceptors (Lipinski definition) is 4. The third-order valence-electron chi connectivity index (χ3n) is 6.12. The van der Waals surface area contributed by atoms with Gasteiger partial charge >= 0.3 is 0 Å². The molecule has 3 heterocycles. The molecule has 1 aliphatic rings. The summed E-state index contributed by atoms with van der Waals surface area (Å²) in [6.07, 6.45) is 3.72. The summed E-state index contributed by atoms with van der Waals surface area (Å²) >= 11 is 18.6. The average molecular weight is 552 g/mol. The van der Waals surface area contributed by atoms with Crippen molar-refractivity contribution in [2.45, 2.75) is 19.0 Å². The number of methoxy groups -OCH3 is 1. The predicted molar refractivity (Wildman–Crippen MR) is 151 cm³/mol. The van der Waals surface area contributed by atoms with Crippen molar-refractivity contribution in [3.05, 3.63) is 101 Å². The first-order chi connectivity index (χ1) is 17.9. The largest absolute Gasteiger partial charge is 0.495 e. The van der Waals surface area contributed by atoms with Gasteiger partial charge in [-0.15, -0.1) is 0 Å². The SMILES string of the molecule is COc1ccc(N2C(=S)NC(c3ccccn3)C2c2cccn2-c2ccc(Cl)cc2Cl)cc1NC(C)=O. The molecule has 37 heavy (non-hydrogen) atoms. The van der Waals surface area contributed by atoms with Crippen molar-refractivity contribution in [3.63, 3.8) is 0 Å². The molecule has 2 unspecified atom stereocenters. The van der Waals surface area contributed by atoms with E-state index >= 15 is 0 Å². The molecule has 7 nitrogen and oxygen atoms in total. The quantitative estimate of drug-likeness (QED) is 0.273. The zero-order valence-electron chi connectivity index (χ0n) is 20.0. The molecule has 5 rings (SSSR count). The van der Waals surface area contributed by atoms with Gasteiger partial charge in [0.15, 0.2) is 5.11 Å². The molecule has 188 valence electrons. The molecular weight excluding hydrogens is 529 g/mol. The van der Waals surface area contributed by atoms with E-state index in [0.29, 0.717) is 26.6 Å². The maximum absolute atomic E-state index is 11.9. The lowest BCUT2D eigenvalue weighted by Crippen LogP contribution is -2.30. The van der Waals surface area contributed by atoms with E-state index in [0.717, 1.165) is 22.8 Å². The summed E-state index contributed by atoms with van der Waals surface area (Å²) in [5, 5.41) is 7.91. The highest BCUT2D eigenvalue weighted by atomic mass is 35.5. The number of thiocarbonyl (C=S) groups is 1. The van der Waals surface area contributed by atoms with Gasteiger partial charge in [0.05, 0.1) is 35.2 Å². The van der Waals surface area contributed by atoms with Crippen LogP contribution in [0, 0.1) is 0 Å². The van der Waals surface area contributed by atoms with Crippen LogP contribution in [0.5, 0.6) is 5.75 Å². The number of carbonyl (C=O) groups excluding carboxylic acids is 1. The van der Waals surface area contributed by atoms with Gasteiger partial charge in [0.25, 0.3) is 0 Å². The van der Waals surface area contributed by atoms with Crippen LogP contribution in [0.15, 0.2) is 79.1 Å². The van der Waals surface area contributed by atoms with E-state index < -0.39 is 0 Å². The molecule has 1 amide bonds. The molecule has 0 radical (unpaired) electrons. The van der Waals surface area contributed by atoms with Crippen molar-refractivity contribution in [3.8, 4) is 11.4 Å². The summed E-state index contributed by atoms with van der Waals surface area (Å²) in [4.78, 5) is 18.5. The first kappa shape index (κ1) is 25.1. The maximum Gasteiger partial charge on any atom is 0.221 e. The van der Waals surface area contributed by atoms with E-state index in [-0.39, 0.29) is 18.0 Å². The van der Waals surface area contributed by atoms with Crippen molar-refractivity contribution in [1.82, 2.24) is 14.9 Å². The Morgan fingerprint density at radius 3 is 2.65 bits per heavy atom. The first-order valence-corrected chi connectivity index (χ1v) is 12.6. The molecule has 0 saturated carbocycles. The van der Waals surface area contributed by atoms with Gasteiger partial charge in [-0.05, 0) is 72.9 Å². The lowest BCUT2D eigenvalue weighted by atomic mass is 10.0. The number of anilines is 2. The lowest BCUT2D eigenvalue weighted by Gasteiger charge is -2.29. The molecule has 1 saturated heterocycles. The standard InChI is InChI=1S/C27H23Cl2N5O2S/c1-16(35)31-21-15-18(9-11-24(21)36-2)34-26(25(32-27(34)37)20-6-3-4-12-30-20)23-7-5-13-33(23)22-10-8-17(28)14-19(22)29/h3-15,25-26H,1-2H3,(H,31,35)(H,32,37). The highest BCUT2D eigenvalue weighted by Crippen LogP contribution is 2.44. The summed E-state index contributed by atoms with van der Waals surface area (Å²) in [5.41, 5.74) is 3.89. The van der Waals surface area contributed by atoms with Gasteiger partial charge in [-0.3, -0.25) is 9.78 Å². The van der Waals surface area contributed by atoms with Crippen LogP contribution < -0.4 is 20.3 Å². The van der Waals surface area contributed by atoms with Crippen LogP contribution in [0.3, 0.4) is 0 Å². The van der Waals surface area contributed by atoms with E-state index in [1.165, 1.54) is 6.92 Å². The molecular formula is C27H23Cl2N5O2S. The van der Waals surface area contributed by atoms with Crippen LogP contribution in [-0.2, 0) is 4.79 Å². The van der Waals surface area contributed by atoms with Crippen molar-refractivity contribution < 1.29 is 9.53 Å². The number of benzene rings is 2. The van der Waals surface area contributed by atoms with Gasteiger partial charge in [0.2, 0.25) is 5.91 Å². The summed E-state index contributed by atoms with van der Waals surface area (Å²) in [5.74, 6) is 0.345. The summed E-state index contributed by atoms with van der Waals surface area (Å²) in [6, 6.07) is 20.2. The number of carbonyl (C=O) groups is 1. The van der Waals surface area contributed by atoms with Crippen molar-refractivity contribution in [2.24, 2.45) is 0 Å². The third-order valence-corrected chi connectivity index (χ3v) is 6.97. The summed E-state index contributed by atoms with van der Waals surface area (Å²) in [7, 11) is 1.56. The Bertz CT molecular complexity index is 1480. The molecule has 0 spiro atoms. The molecule has 2 aromatic carbocycles. The molecule has 2 atom stereocenters. The fourth-order valence-corrected chi connectivity index (χ4v) is 5.44. The minimum absolute atomic E-state index is 0.202. The Balaban J connectivity index is 1.67. The first-order valence-electron chi connectivity index (χ1n) is 11.5. The van der Waals surface area contributed by atoms with E-state index in [2.05, 4.69) is 15.6 Å². The Labute approximate surface area is 230 Å². The Kier molecular flexibility index (Phi) is 7.06. The van der Waals surface area contributed by atoms with Gasteiger partial charge < -0.3 is 24.8 Å². The molecule has 2 N–H and O–H groups in total. The average Bonchev–Trinajstić information content (AvgIpc) is 3.48. The molecule has 10 heteroatoms. The van der Waals surface area contributed by atoms with E-state index in [9.17, 15) is 4.79 Å². The topological polar surface area (TPSA) is 71.4 Å². The number of nitrogens with one attached hydrogen (secondary N) is 2. The maximum atomic E-state index is 11.9. The molecule has 0 bridgehead atoms. The number of hydrogen-bond donors (Lipinski definition) is 2. The van der Waals surface area contributed by atoms with Crippen LogP contribution in [-0.4, -0.2) is 27.7 Å². The zero-order valence-corrected chi connectivity index (χ0v) is 22.3. The van der Waals surface area contributed by atoms with Crippen LogP contribution in [0.1, 0.15) is 30.4 Å². The van der Waals surface area contributed by atoms with Crippen LogP contribution >= 0.6 is 35.4 Å². The number of ether oxygens (including phenoxy) is 1. The van der Waals surface area contributed by atoms with Crippen LogP contribution in [0.4, 0.5) is 11.4 Å². The van der Waals surface area contributed by atoms with E-state index in [1.54, 1.807) is 25.4 Å². The van der Waals surface area contributed by atoms with Gasteiger partial charge in [-0.25, -0.2) is 0 Å². The zero-order chi connectivity index (χ0) is 26.1. The normalized spacial score (nSPS) is 17.0. The Morgan fingerprint density at radius 1 is 1.11 bits per heavy atom.